The third kappa shape index (κ3) is 4.90. The summed E-state index contributed by atoms with van der Waals surface area (Å²) in [5.41, 5.74) is 1.97. The molecule has 1 saturated heterocycles. The maximum atomic E-state index is 14.1. The summed E-state index contributed by atoms with van der Waals surface area (Å²) < 4.78 is 27.3. The summed E-state index contributed by atoms with van der Waals surface area (Å²) in [6.45, 7) is 2.07. The standard InChI is InChI=1S/C25H28F2N6/c1-29-23(9-12-28)24-20-5-3-4-6-21(20)25(31-30-24)33-13-10-19(11-14-33)32(2)16-17-7-8-18(26)15-22(17)27/h3-8,12,15,19,28H,9-11,13-14,16H2,1-2H3. The highest BCUT2D eigenvalue weighted by Crippen LogP contribution is 2.29. The predicted octanol–water partition coefficient (Wildman–Crippen LogP) is 4.47. The monoisotopic (exact) mass is 450 g/mol. The molecule has 2 aromatic carbocycles. The van der Waals surface area contributed by atoms with Gasteiger partial charge in [0.15, 0.2) is 5.82 Å². The Kier molecular flexibility index (Phi) is 7.03. The summed E-state index contributed by atoms with van der Waals surface area (Å²) in [7, 11) is 3.70. The van der Waals surface area contributed by atoms with Crippen LogP contribution >= 0.6 is 0 Å². The number of benzene rings is 2. The summed E-state index contributed by atoms with van der Waals surface area (Å²) in [6, 6.07) is 12.1. The molecule has 0 saturated carbocycles. The van der Waals surface area contributed by atoms with Gasteiger partial charge in [0, 0.05) is 67.8 Å². The summed E-state index contributed by atoms with van der Waals surface area (Å²) in [5, 5.41) is 18.5. The van der Waals surface area contributed by atoms with Crippen molar-refractivity contribution in [2.24, 2.45) is 4.99 Å². The fourth-order valence-electron chi connectivity index (χ4n) is 4.49. The molecule has 6 nitrogen and oxygen atoms in total. The van der Waals surface area contributed by atoms with Gasteiger partial charge in [-0.25, -0.2) is 8.78 Å². The molecular weight excluding hydrogens is 422 g/mol. The third-order valence-electron chi connectivity index (χ3n) is 6.33. The van der Waals surface area contributed by atoms with Crippen LogP contribution in [0.25, 0.3) is 10.8 Å². The van der Waals surface area contributed by atoms with E-state index in [4.69, 9.17) is 5.41 Å². The quantitative estimate of drug-likeness (QED) is 0.540. The van der Waals surface area contributed by atoms with Crippen molar-refractivity contribution in [3.63, 3.8) is 0 Å². The average Bonchev–Trinajstić information content (AvgIpc) is 2.84. The van der Waals surface area contributed by atoms with Crippen LogP contribution in [0.1, 0.15) is 30.5 Å². The molecule has 1 aromatic heterocycles. The van der Waals surface area contributed by atoms with E-state index >= 15 is 0 Å². The Morgan fingerprint density at radius 2 is 1.88 bits per heavy atom. The lowest BCUT2D eigenvalue weighted by Gasteiger charge is -2.37. The molecule has 0 bridgehead atoms. The van der Waals surface area contributed by atoms with Crippen molar-refractivity contribution < 1.29 is 8.78 Å². The molecular formula is C25H28F2N6. The van der Waals surface area contributed by atoms with Crippen LogP contribution in [0.2, 0.25) is 0 Å². The minimum atomic E-state index is -0.554. The van der Waals surface area contributed by atoms with E-state index < -0.39 is 11.6 Å². The fourth-order valence-corrected chi connectivity index (χ4v) is 4.49. The first-order chi connectivity index (χ1) is 16.0. The molecule has 0 amide bonds. The first-order valence-corrected chi connectivity index (χ1v) is 11.1. The van der Waals surface area contributed by atoms with Crippen molar-refractivity contribution in [1.82, 2.24) is 15.1 Å². The van der Waals surface area contributed by atoms with Crippen LogP contribution < -0.4 is 4.90 Å². The highest BCUT2D eigenvalue weighted by Gasteiger charge is 2.26. The number of fused-ring (bicyclic) bond motifs is 1. The number of hydrogen-bond acceptors (Lipinski definition) is 6. The van der Waals surface area contributed by atoms with Gasteiger partial charge in [-0.05, 0) is 26.0 Å². The molecule has 0 spiro atoms. The Morgan fingerprint density at radius 1 is 1.15 bits per heavy atom. The van der Waals surface area contributed by atoms with E-state index in [1.807, 2.05) is 25.2 Å². The Bertz CT molecular complexity index is 1170. The number of halogens is 2. The number of rotatable bonds is 7. The van der Waals surface area contributed by atoms with Crippen LogP contribution in [-0.4, -0.2) is 60.3 Å². The topological polar surface area (TPSA) is 68.5 Å². The van der Waals surface area contributed by atoms with Crippen molar-refractivity contribution in [3.05, 3.63) is 65.4 Å². The first-order valence-electron chi connectivity index (χ1n) is 11.1. The Labute approximate surface area is 192 Å². The molecule has 2 heterocycles. The van der Waals surface area contributed by atoms with Crippen LogP contribution in [0, 0.1) is 17.0 Å². The number of hydrogen-bond donors (Lipinski definition) is 1. The predicted molar refractivity (Wildman–Crippen MR) is 128 cm³/mol. The van der Waals surface area contributed by atoms with Gasteiger partial charge in [-0.15, -0.1) is 10.2 Å². The number of nitrogens with zero attached hydrogens (tertiary/aromatic N) is 5. The third-order valence-corrected chi connectivity index (χ3v) is 6.33. The van der Waals surface area contributed by atoms with E-state index in [1.54, 1.807) is 7.05 Å². The Hall–Kier alpha value is -3.26. The molecule has 1 aliphatic heterocycles. The van der Waals surface area contributed by atoms with Gasteiger partial charge in [-0.3, -0.25) is 9.89 Å². The van der Waals surface area contributed by atoms with Gasteiger partial charge >= 0.3 is 0 Å². The van der Waals surface area contributed by atoms with Crippen LogP contribution in [-0.2, 0) is 6.54 Å². The molecule has 1 N–H and O–H groups in total. The van der Waals surface area contributed by atoms with Crippen LogP contribution in [0.3, 0.4) is 0 Å². The average molecular weight is 451 g/mol. The second-order valence-electron chi connectivity index (χ2n) is 8.37. The first kappa shape index (κ1) is 22.9. The SMILES string of the molecule is CN=C(CC=N)c1nnc(N2CCC(N(C)Cc3ccc(F)cc3F)CC2)c2ccccc12. The molecule has 0 radical (unpaired) electrons. The van der Waals surface area contributed by atoms with Crippen LogP contribution in [0.5, 0.6) is 0 Å². The molecule has 1 aliphatic rings. The molecule has 0 atom stereocenters. The smallest absolute Gasteiger partial charge is 0.159 e. The van der Waals surface area contributed by atoms with Gasteiger partial charge in [-0.1, -0.05) is 30.3 Å². The van der Waals surface area contributed by atoms with Crippen molar-refractivity contribution in [3.8, 4) is 0 Å². The number of aliphatic imine (C=N–C) groups is 1. The summed E-state index contributed by atoms with van der Waals surface area (Å²) in [4.78, 5) is 8.70. The summed E-state index contributed by atoms with van der Waals surface area (Å²) in [5.74, 6) is -0.203. The van der Waals surface area contributed by atoms with Crippen LogP contribution in [0.15, 0.2) is 47.5 Å². The zero-order chi connectivity index (χ0) is 23.4. The van der Waals surface area contributed by atoms with E-state index in [2.05, 4.69) is 31.1 Å². The fraction of sp³-hybridized carbons (Fsp3) is 0.360. The number of nitrogens with one attached hydrogen (secondary N) is 1. The van der Waals surface area contributed by atoms with E-state index in [0.717, 1.165) is 60.0 Å². The van der Waals surface area contributed by atoms with Crippen molar-refractivity contribution >= 4 is 28.5 Å². The Balaban J connectivity index is 1.49. The zero-order valence-corrected chi connectivity index (χ0v) is 18.9. The van der Waals surface area contributed by atoms with Gasteiger partial charge in [0.25, 0.3) is 0 Å². The lowest BCUT2D eigenvalue weighted by atomic mass is 10.0. The molecule has 8 heteroatoms. The highest BCUT2D eigenvalue weighted by atomic mass is 19.1. The normalized spacial score (nSPS) is 15.4. The van der Waals surface area contributed by atoms with E-state index in [-0.39, 0.29) is 0 Å². The zero-order valence-electron chi connectivity index (χ0n) is 18.9. The minimum absolute atomic E-state index is 0.301. The maximum Gasteiger partial charge on any atom is 0.159 e. The second kappa shape index (κ2) is 10.1. The molecule has 3 aromatic rings. The van der Waals surface area contributed by atoms with E-state index in [1.165, 1.54) is 18.3 Å². The maximum absolute atomic E-state index is 14.1. The number of anilines is 1. The summed E-state index contributed by atoms with van der Waals surface area (Å²) in [6.07, 6.45) is 3.56. The molecule has 1 fully saturated rings. The van der Waals surface area contributed by atoms with Gasteiger partial charge in [0.2, 0.25) is 0 Å². The van der Waals surface area contributed by atoms with Crippen molar-refractivity contribution in [2.75, 3.05) is 32.1 Å². The molecule has 0 unspecified atom stereocenters. The number of aromatic nitrogens is 2. The molecule has 33 heavy (non-hydrogen) atoms. The van der Waals surface area contributed by atoms with Gasteiger partial charge in [0.1, 0.15) is 17.3 Å². The van der Waals surface area contributed by atoms with E-state index in [0.29, 0.717) is 24.6 Å². The highest BCUT2D eigenvalue weighted by molar-refractivity contribution is 6.14. The largest absolute Gasteiger partial charge is 0.354 e. The second-order valence-corrected chi connectivity index (χ2v) is 8.37. The van der Waals surface area contributed by atoms with Gasteiger partial charge < -0.3 is 10.3 Å². The van der Waals surface area contributed by atoms with Crippen molar-refractivity contribution in [2.45, 2.75) is 31.8 Å². The number of piperidine rings is 1. The lowest BCUT2D eigenvalue weighted by Crippen LogP contribution is -2.43. The molecule has 4 rings (SSSR count). The van der Waals surface area contributed by atoms with E-state index in [9.17, 15) is 8.78 Å². The van der Waals surface area contributed by atoms with Gasteiger partial charge in [-0.2, -0.15) is 0 Å². The van der Waals surface area contributed by atoms with Gasteiger partial charge in [0.05, 0.1) is 5.71 Å². The van der Waals surface area contributed by atoms with Crippen molar-refractivity contribution in [1.29, 1.82) is 5.41 Å². The Morgan fingerprint density at radius 3 is 2.55 bits per heavy atom. The minimum Gasteiger partial charge on any atom is -0.354 e. The molecule has 0 aliphatic carbocycles. The van der Waals surface area contributed by atoms with Crippen LogP contribution in [0.4, 0.5) is 14.6 Å². The molecule has 172 valence electrons. The summed E-state index contributed by atoms with van der Waals surface area (Å²) >= 11 is 0. The lowest BCUT2D eigenvalue weighted by molar-refractivity contribution is 0.198.